The van der Waals surface area contributed by atoms with Gasteiger partial charge in [0.1, 0.15) is 5.76 Å². The molecule has 6 heteroatoms. The van der Waals surface area contributed by atoms with Crippen LogP contribution in [0.3, 0.4) is 0 Å². The zero-order valence-electron chi connectivity index (χ0n) is 12.1. The molecule has 1 aromatic rings. The number of amides is 1. The lowest BCUT2D eigenvalue weighted by Gasteiger charge is -2.38. The van der Waals surface area contributed by atoms with Crippen LogP contribution in [0.1, 0.15) is 67.6 Å². The Morgan fingerprint density at radius 3 is 2.81 bits per heavy atom. The van der Waals surface area contributed by atoms with E-state index >= 15 is 0 Å². The molecule has 2 aliphatic carbocycles. The molecule has 0 radical (unpaired) electrons. The van der Waals surface area contributed by atoms with Gasteiger partial charge in [0.15, 0.2) is 5.69 Å². The van der Waals surface area contributed by atoms with Crippen LogP contribution in [0.2, 0.25) is 0 Å². The number of carboxylic acid groups (broad SMARTS) is 1. The zero-order valence-corrected chi connectivity index (χ0v) is 12.1. The Balaban J connectivity index is 1.71. The van der Waals surface area contributed by atoms with Gasteiger partial charge in [0, 0.05) is 18.0 Å². The molecule has 2 fully saturated rings. The Hall–Kier alpha value is -1.85. The molecular formula is C15H20N2O4. The number of aliphatic carboxylic acids is 1. The van der Waals surface area contributed by atoms with Crippen molar-refractivity contribution < 1.29 is 19.2 Å². The molecule has 2 atom stereocenters. The molecule has 0 spiro atoms. The van der Waals surface area contributed by atoms with Crippen LogP contribution in [0.5, 0.6) is 0 Å². The highest BCUT2D eigenvalue weighted by atomic mass is 16.5. The van der Waals surface area contributed by atoms with Crippen molar-refractivity contribution in [2.24, 2.45) is 5.41 Å². The first kappa shape index (κ1) is 14.1. The van der Waals surface area contributed by atoms with Gasteiger partial charge in [0.05, 0.1) is 5.41 Å². The number of aromatic nitrogens is 1. The largest absolute Gasteiger partial charge is 0.481 e. The smallest absolute Gasteiger partial charge is 0.311 e. The van der Waals surface area contributed by atoms with Crippen molar-refractivity contribution in [1.82, 2.24) is 10.5 Å². The van der Waals surface area contributed by atoms with Crippen molar-refractivity contribution in [3.05, 3.63) is 17.5 Å². The minimum atomic E-state index is -0.906. The monoisotopic (exact) mass is 292 g/mol. The number of nitrogens with one attached hydrogen (secondary N) is 1. The molecule has 3 rings (SSSR count). The van der Waals surface area contributed by atoms with Gasteiger partial charge in [-0.15, -0.1) is 0 Å². The normalized spacial score (nSPS) is 29.1. The number of carbonyl (C=O) groups excluding carboxylic acids is 1. The molecule has 0 bridgehead atoms. The lowest BCUT2D eigenvalue weighted by atomic mass is 9.71. The number of carboxylic acids is 1. The fraction of sp³-hybridized carbons (Fsp3) is 0.667. The van der Waals surface area contributed by atoms with E-state index in [1.54, 1.807) is 13.0 Å². The summed E-state index contributed by atoms with van der Waals surface area (Å²) in [5, 5.41) is 16.1. The quantitative estimate of drug-likeness (QED) is 0.888. The third-order valence-corrected chi connectivity index (χ3v) is 4.74. The highest BCUT2D eigenvalue weighted by Crippen LogP contribution is 2.40. The summed E-state index contributed by atoms with van der Waals surface area (Å²) in [5.74, 6) is -0.0425. The molecule has 114 valence electrons. The van der Waals surface area contributed by atoms with Crippen molar-refractivity contribution in [3.63, 3.8) is 0 Å². The molecule has 1 aromatic heterocycles. The van der Waals surface area contributed by atoms with Crippen molar-refractivity contribution in [1.29, 1.82) is 0 Å². The second-order valence-corrected chi connectivity index (χ2v) is 6.38. The summed E-state index contributed by atoms with van der Waals surface area (Å²) < 4.78 is 5.17. The first-order valence-corrected chi connectivity index (χ1v) is 7.51. The predicted octanol–water partition coefficient (Wildman–Crippen LogP) is 2.32. The molecule has 0 aliphatic heterocycles. The number of hydrogen-bond donors (Lipinski definition) is 2. The number of hydrogen-bond acceptors (Lipinski definition) is 4. The second kappa shape index (κ2) is 5.16. The van der Waals surface area contributed by atoms with Crippen LogP contribution in [0.4, 0.5) is 0 Å². The molecular weight excluding hydrogens is 272 g/mol. The Bertz CT molecular complexity index is 564. The average Bonchev–Trinajstić information content (AvgIpc) is 3.18. The molecule has 0 aromatic carbocycles. The maximum Gasteiger partial charge on any atom is 0.311 e. The predicted molar refractivity (Wildman–Crippen MR) is 73.9 cm³/mol. The third kappa shape index (κ3) is 2.66. The van der Waals surface area contributed by atoms with Crippen molar-refractivity contribution in [2.75, 3.05) is 0 Å². The van der Waals surface area contributed by atoms with Crippen molar-refractivity contribution in [2.45, 2.75) is 57.4 Å². The standard InChI is InChI=1S/C15H20N2O4/c1-15(14(19)20)7-3-2-4-12(15)16-13(18)10-8-11(21-17-10)9-5-6-9/h8-9,12H,2-7H2,1H3,(H,16,18)(H,19,20). The van der Waals surface area contributed by atoms with Crippen LogP contribution in [-0.2, 0) is 4.79 Å². The summed E-state index contributed by atoms with van der Waals surface area (Å²) in [4.78, 5) is 23.8. The van der Waals surface area contributed by atoms with Crippen LogP contribution < -0.4 is 5.32 Å². The number of rotatable bonds is 4. The summed E-state index contributed by atoms with van der Waals surface area (Å²) in [6.07, 6.45) is 5.23. The van der Waals surface area contributed by atoms with Gasteiger partial charge in [-0.05, 0) is 32.6 Å². The molecule has 2 saturated carbocycles. The Kier molecular flexibility index (Phi) is 3.47. The summed E-state index contributed by atoms with van der Waals surface area (Å²) in [6.45, 7) is 1.71. The molecule has 1 amide bonds. The number of nitrogens with zero attached hydrogens (tertiary/aromatic N) is 1. The highest BCUT2D eigenvalue weighted by molar-refractivity contribution is 5.93. The van der Waals surface area contributed by atoms with Gasteiger partial charge >= 0.3 is 5.97 Å². The summed E-state index contributed by atoms with van der Waals surface area (Å²) in [5.41, 5.74) is -0.660. The maximum absolute atomic E-state index is 12.3. The lowest BCUT2D eigenvalue weighted by molar-refractivity contribution is -0.151. The Morgan fingerprint density at radius 1 is 1.38 bits per heavy atom. The molecule has 1 heterocycles. The van der Waals surface area contributed by atoms with Crippen LogP contribution in [0.15, 0.2) is 10.6 Å². The van der Waals surface area contributed by atoms with Crippen LogP contribution >= 0.6 is 0 Å². The van der Waals surface area contributed by atoms with Gasteiger partial charge in [0.2, 0.25) is 0 Å². The van der Waals surface area contributed by atoms with Crippen LogP contribution in [-0.4, -0.2) is 28.2 Å². The molecule has 21 heavy (non-hydrogen) atoms. The minimum Gasteiger partial charge on any atom is -0.481 e. The maximum atomic E-state index is 12.3. The molecule has 2 unspecified atom stereocenters. The van der Waals surface area contributed by atoms with Gasteiger partial charge in [-0.2, -0.15) is 0 Å². The molecule has 0 saturated heterocycles. The van der Waals surface area contributed by atoms with Crippen molar-refractivity contribution in [3.8, 4) is 0 Å². The van der Waals surface area contributed by atoms with Gasteiger partial charge in [0.25, 0.3) is 5.91 Å². The van der Waals surface area contributed by atoms with Gasteiger partial charge in [-0.1, -0.05) is 18.0 Å². The van der Waals surface area contributed by atoms with E-state index in [2.05, 4.69) is 10.5 Å². The second-order valence-electron chi connectivity index (χ2n) is 6.38. The SMILES string of the molecule is CC1(C(=O)O)CCCCC1NC(=O)c1cc(C2CC2)on1. The van der Waals surface area contributed by atoms with Gasteiger partial charge in [-0.25, -0.2) is 0 Å². The van der Waals surface area contributed by atoms with E-state index < -0.39 is 11.4 Å². The first-order valence-electron chi connectivity index (χ1n) is 7.51. The fourth-order valence-corrected chi connectivity index (χ4v) is 3.01. The Labute approximate surface area is 122 Å². The Morgan fingerprint density at radius 2 is 2.14 bits per heavy atom. The van der Waals surface area contributed by atoms with Crippen LogP contribution in [0.25, 0.3) is 0 Å². The van der Waals surface area contributed by atoms with Gasteiger partial charge < -0.3 is 14.9 Å². The molecule has 2 aliphatic rings. The highest BCUT2D eigenvalue weighted by Gasteiger charge is 2.44. The lowest BCUT2D eigenvalue weighted by Crippen LogP contribution is -2.52. The number of carbonyl (C=O) groups is 2. The van der Waals surface area contributed by atoms with E-state index in [1.807, 2.05) is 0 Å². The molecule has 6 nitrogen and oxygen atoms in total. The summed E-state index contributed by atoms with van der Waals surface area (Å²) in [7, 11) is 0. The van der Waals surface area contributed by atoms with E-state index in [0.717, 1.165) is 31.4 Å². The van der Waals surface area contributed by atoms with E-state index in [1.165, 1.54) is 0 Å². The van der Waals surface area contributed by atoms with E-state index in [0.29, 0.717) is 18.8 Å². The average molecular weight is 292 g/mol. The third-order valence-electron chi connectivity index (χ3n) is 4.74. The van der Waals surface area contributed by atoms with E-state index in [4.69, 9.17) is 4.52 Å². The summed E-state index contributed by atoms with van der Waals surface area (Å²) in [6, 6.07) is 1.31. The summed E-state index contributed by atoms with van der Waals surface area (Å²) >= 11 is 0. The first-order chi connectivity index (χ1) is 10.0. The molecule has 2 N–H and O–H groups in total. The van der Waals surface area contributed by atoms with Crippen LogP contribution in [0, 0.1) is 5.41 Å². The topological polar surface area (TPSA) is 92.4 Å². The fourth-order valence-electron chi connectivity index (χ4n) is 3.01. The zero-order chi connectivity index (χ0) is 15.0. The van der Waals surface area contributed by atoms with Crippen molar-refractivity contribution >= 4 is 11.9 Å². The van der Waals surface area contributed by atoms with E-state index in [-0.39, 0.29) is 17.6 Å². The van der Waals surface area contributed by atoms with Gasteiger partial charge in [-0.3, -0.25) is 9.59 Å². The minimum absolute atomic E-state index is 0.246. The van der Waals surface area contributed by atoms with E-state index in [9.17, 15) is 14.7 Å².